The highest BCUT2D eigenvalue weighted by molar-refractivity contribution is 5.88. The number of ketones is 1. The van der Waals surface area contributed by atoms with E-state index in [-0.39, 0.29) is 17.1 Å². The van der Waals surface area contributed by atoms with Crippen molar-refractivity contribution in [1.29, 1.82) is 0 Å². The predicted molar refractivity (Wildman–Crippen MR) is 117 cm³/mol. The molecule has 3 aliphatic carbocycles. The Morgan fingerprint density at radius 2 is 1.77 bits per heavy atom. The van der Waals surface area contributed by atoms with Crippen molar-refractivity contribution in [2.45, 2.75) is 51.9 Å². The molecule has 2 N–H and O–H groups in total. The van der Waals surface area contributed by atoms with E-state index in [9.17, 15) is 14.7 Å². The molecule has 3 unspecified atom stereocenters. The third-order valence-electron chi connectivity index (χ3n) is 6.98. The molecule has 3 atom stereocenters. The highest BCUT2D eigenvalue weighted by Gasteiger charge is 2.52. The van der Waals surface area contributed by atoms with Crippen LogP contribution in [0.4, 0.5) is 0 Å². The molecular weight excluding hydrogens is 392 g/mol. The molecule has 5 rings (SSSR count). The Bertz CT molecular complexity index is 1040. The Morgan fingerprint density at radius 1 is 1.06 bits per heavy atom. The first-order chi connectivity index (χ1) is 14.8. The summed E-state index contributed by atoms with van der Waals surface area (Å²) in [5.41, 5.74) is 4.03. The summed E-state index contributed by atoms with van der Waals surface area (Å²) in [5, 5.41) is 18.5. The summed E-state index contributed by atoms with van der Waals surface area (Å²) in [6, 6.07) is 11.7. The topological polar surface area (TPSA) is 83.8 Å². The van der Waals surface area contributed by atoms with Crippen molar-refractivity contribution in [3.63, 3.8) is 0 Å². The van der Waals surface area contributed by atoms with Gasteiger partial charge in [0.05, 0.1) is 0 Å². The molecule has 0 bridgehead atoms. The Balaban J connectivity index is 0.000000180. The van der Waals surface area contributed by atoms with Crippen LogP contribution in [0.15, 0.2) is 54.1 Å². The Hall–Kier alpha value is -3.08. The molecule has 5 nitrogen and oxygen atoms in total. The van der Waals surface area contributed by atoms with E-state index >= 15 is 0 Å². The number of carbonyl (C=O) groups is 2. The molecule has 2 fully saturated rings. The van der Waals surface area contributed by atoms with Gasteiger partial charge in [0.2, 0.25) is 0 Å². The van der Waals surface area contributed by atoms with E-state index < -0.39 is 0 Å². The van der Waals surface area contributed by atoms with Gasteiger partial charge in [0, 0.05) is 24.7 Å². The summed E-state index contributed by atoms with van der Waals surface area (Å²) in [6.07, 6.45) is 7.11. The van der Waals surface area contributed by atoms with Gasteiger partial charge in [0.25, 0.3) is 0 Å². The minimum atomic E-state index is -0.365. The van der Waals surface area contributed by atoms with Crippen LogP contribution < -0.4 is 4.74 Å². The number of ether oxygens (including phenoxy) is 1. The summed E-state index contributed by atoms with van der Waals surface area (Å²) in [5.74, 6) is 1.99. The first-order valence-corrected chi connectivity index (χ1v) is 10.8. The van der Waals surface area contributed by atoms with E-state index in [0.717, 1.165) is 32.1 Å². The first kappa shape index (κ1) is 21.2. The molecule has 0 spiro atoms. The van der Waals surface area contributed by atoms with Gasteiger partial charge in [0.1, 0.15) is 23.0 Å². The second kappa shape index (κ2) is 8.22. The number of carbonyl (C=O) groups excluding carboxylic acids is 2. The number of hydrogen-bond donors (Lipinski definition) is 2. The zero-order chi connectivity index (χ0) is 22.2. The molecule has 31 heavy (non-hydrogen) atoms. The lowest BCUT2D eigenvalue weighted by molar-refractivity contribution is -0.132. The molecule has 0 saturated heterocycles. The van der Waals surface area contributed by atoms with Crippen LogP contribution in [0.25, 0.3) is 0 Å². The number of phenols is 2. The van der Waals surface area contributed by atoms with E-state index in [2.05, 4.69) is 19.1 Å². The maximum absolute atomic E-state index is 12.2. The van der Waals surface area contributed by atoms with Gasteiger partial charge in [-0.3, -0.25) is 9.59 Å². The molecule has 0 heterocycles. The maximum Gasteiger partial charge on any atom is 0.308 e. The number of rotatable bonds is 1. The van der Waals surface area contributed by atoms with Crippen molar-refractivity contribution < 1.29 is 24.5 Å². The Morgan fingerprint density at radius 3 is 2.48 bits per heavy atom. The van der Waals surface area contributed by atoms with Crippen LogP contribution in [0.2, 0.25) is 0 Å². The number of aromatic hydroxyl groups is 2. The Kier molecular flexibility index (Phi) is 5.61. The number of phenolic OH excluding ortho intramolecular Hbond substituents is 2. The number of fused-ring (bicyclic) bond motifs is 5. The fourth-order valence-electron chi connectivity index (χ4n) is 5.41. The molecule has 3 aliphatic rings. The fourth-order valence-corrected chi connectivity index (χ4v) is 5.41. The van der Waals surface area contributed by atoms with Gasteiger partial charge in [0.15, 0.2) is 0 Å². The van der Waals surface area contributed by atoms with E-state index in [4.69, 9.17) is 9.84 Å². The number of esters is 1. The molecule has 0 aliphatic heterocycles. The fraction of sp³-hybridized carbons (Fsp3) is 0.385. The van der Waals surface area contributed by atoms with Gasteiger partial charge < -0.3 is 14.9 Å². The van der Waals surface area contributed by atoms with Gasteiger partial charge in [-0.25, -0.2) is 0 Å². The maximum atomic E-state index is 12.2. The zero-order valence-corrected chi connectivity index (χ0v) is 17.9. The minimum absolute atomic E-state index is 0.100. The van der Waals surface area contributed by atoms with Crippen LogP contribution in [0.5, 0.6) is 17.2 Å². The second-order valence-electron chi connectivity index (χ2n) is 8.90. The van der Waals surface area contributed by atoms with Crippen LogP contribution in [-0.4, -0.2) is 22.0 Å². The van der Waals surface area contributed by atoms with Crippen molar-refractivity contribution in [3.05, 3.63) is 65.2 Å². The average molecular weight is 421 g/mol. The number of hydrogen-bond acceptors (Lipinski definition) is 5. The number of benzene rings is 2. The smallest absolute Gasteiger partial charge is 0.308 e. The summed E-state index contributed by atoms with van der Waals surface area (Å²) < 4.78 is 4.72. The SMILES string of the molecule is CC(=O)Oc1ccc(O)cc1.CC12CCC3C(=CCc4cc(O)ccc43)C1CCC2=O. The van der Waals surface area contributed by atoms with Crippen molar-refractivity contribution in [1.82, 2.24) is 0 Å². The van der Waals surface area contributed by atoms with Crippen molar-refractivity contribution in [3.8, 4) is 17.2 Å². The molecule has 0 radical (unpaired) electrons. The van der Waals surface area contributed by atoms with Crippen molar-refractivity contribution in [2.24, 2.45) is 11.3 Å². The molecule has 0 amide bonds. The largest absolute Gasteiger partial charge is 0.508 e. The first-order valence-electron chi connectivity index (χ1n) is 10.8. The summed E-state index contributed by atoms with van der Waals surface area (Å²) >= 11 is 0. The van der Waals surface area contributed by atoms with Gasteiger partial charge in [-0.15, -0.1) is 0 Å². The quantitative estimate of drug-likeness (QED) is 0.383. The molecule has 5 heteroatoms. The predicted octanol–water partition coefficient (Wildman–Crippen LogP) is 5.06. The lowest BCUT2D eigenvalue weighted by atomic mass is 9.60. The standard InChI is InChI=1S/C18H20O2.C8H8O3/c1-18-9-8-14-13-5-3-12(19)10-11(13)2-4-15(14)16(18)6-7-17(18)20;1-6(9)11-8-4-2-7(10)3-5-8/h3-5,10,14,16,19H,2,6-9H2,1H3;2-5,10H,1H3. The van der Waals surface area contributed by atoms with E-state index in [1.807, 2.05) is 6.07 Å². The Labute approximate surface area is 182 Å². The number of allylic oxidation sites excluding steroid dienone is 2. The summed E-state index contributed by atoms with van der Waals surface area (Å²) in [4.78, 5) is 22.6. The third kappa shape index (κ3) is 4.09. The number of Topliss-reactive ketones (excluding diaryl/α,β-unsaturated/α-hetero) is 1. The molecule has 0 aromatic heterocycles. The lowest BCUT2D eigenvalue weighted by Gasteiger charge is -2.43. The van der Waals surface area contributed by atoms with E-state index in [0.29, 0.717) is 29.1 Å². The molecule has 162 valence electrons. The van der Waals surface area contributed by atoms with Gasteiger partial charge >= 0.3 is 5.97 Å². The van der Waals surface area contributed by atoms with Crippen LogP contribution >= 0.6 is 0 Å². The molecule has 2 aromatic rings. The normalized spacial score (nSPS) is 25.9. The van der Waals surface area contributed by atoms with Crippen LogP contribution in [0, 0.1) is 11.3 Å². The molecular formula is C26H28O5. The second-order valence-corrected chi connectivity index (χ2v) is 8.90. The van der Waals surface area contributed by atoms with Crippen molar-refractivity contribution >= 4 is 11.8 Å². The lowest BCUT2D eigenvalue weighted by Crippen LogP contribution is -2.37. The van der Waals surface area contributed by atoms with Crippen LogP contribution in [0.1, 0.15) is 56.6 Å². The van der Waals surface area contributed by atoms with Crippen LogP contribution in [0.3, 0.4) is 0 Å². The minimum Gasteiger partial charge on any atom is -0.508 e. The third-order valence-corrected chi connectivity index (χ3v) is 6.98. The average Bonchev–Trinajstić information content (AvgIpc) is 3.04. The highest BCUT2D eigenvalue weighted by atomic mass is 16.5. The molecule has 2 aromatic carbocycles. The van der Waals surface area contributed by atoms with Gasteiger partial charge in [-0.2, -0.15) is 0 Å². The monoisotopic (exact) mass is 420 g/mol. The summed E-state index contributed by atoms with van der Waals surface area (Å²) in [7, 11) is 0. The zero-order valence-electron chi connectivity index (χ0n) is 17.9. The molecule has 2 saturated carbocycles. The highest BCUT2D eigenvalue weighted by Crippen LogP contribution is 2.57. The van der Waals surface area contributed by atoms with E-state index in [1.165, 1.54) is 47.9 Å². The van der Waals surface area contributed by atoms with Gasteiger partial charge in [-0.05, 0) is 79.1 Å². The van der Waals surface area contributed by atoms with Crippen molar-refractivity contribution in [2.75, 3.05) is 0 Å². The van der Waals surface area contributed by atoms with E-state index in [1.54, 1.807) is 6.07 Å². The van der Waals surface area contributed by atoms with Crippen LogP contribution in [-0.2, 0) is 16.0 Å². The van der Waals surface area contributed by atoms with Gasteiger partial charge in [-0.1, -0.05) is 24.6 Å². The summed E-state index contributed by atoms with van der Waals surface area (Å²) in [6.45, 7) is 3.50.